The molecule has 0 bridgehead atoms. The largest absolute Gasteiger partial charge is 0.373 e. The van der Waals surface area contributed by atoms with Crippen molar-refractivity contribution in [2.75, 3.05) is 37.3 Å². The molecular weight excluding hydrogens is 190 g/mol. The minimum atomic E-state index is 0.720. The Labute approximate surface area is 89.7 Å². The van der Waals surface area contributed by atoms with E-state index in [0.29, 0.717) is 0 Å². The van der Waals surface area contributed by atoms with Crippen LogP contribution in [0.2, 0.25) is 0 Å². The molecule has 1 aliphatic rings. The van der Waals surface area contributed by atoms with Crippen LogP contribution in [0.1, 0.15) is 6.42 Å². The highest BCUT2D eigenvalue weighted by Gasteiger charge is 2.13. The first-order chi connectivity index (χ1) is 7.38. The van der Waals surface area contributed by atoms with Crippen LogP contribution in [0.4, 0.5) is 11.6 Å². The molecule has 1 aromatic rings. The standard InChI is InChI=1S/C10H17N5/c1-11-9-4-10(15-7-14-9)13-6-8-2-3-12-5-8/h4,7-8,12H,2-3,5-6H2,1H3,(H2,11,13,14,15). The molecule has 1 aliphatic heterocycles. The minimum Gasteiger partial charge on any atom is -0.373 e. The van der Waals surface area contributed by atoms with E-state index in [0.717, 1.165) is 37.2 Å². The Bertz CT molecular complexity index is 308. The normalized spacial score (nSPS) is 20.2. The van der Waals surface area contributed by atoms with Gasteiger partial charge in [-0.15, -0.1) is 0 Å². The number of hydrogen-bond acceptors (Lipinski definition) is 5. The molecule has 2 heterocycles. The summed E-state index contributed by atoms with van der Waals surface area (Å²) in [4.78, 5) is 8.23. The summed E-state index contributed by atoms with van der Waals surface area (Å²) >= 11 is 0. The van der Waals surface area contributed by atoms with Gasteiger partial charge in [0.05, 0.1) is 0 Å². The maximum atomic E-state index is 4.17. The first kappa shape index (κ1) is 10.2. The van der Waals surface area contributed by atoms with Crippen molar-refractivity contribution in [3.8, 4) is 0 Å². The number of aromatic nitrogens is 2. The van der Waals surface area contributed by atoms with Crippen molar-refractivity contribution in [3.05, 3.63) is 12.4 Å². The van der Waals surface area contributed by atoms with E-state index in [2.05, 4.69) is 25.9 Å². The molecule has 3 N–H and O–H groups in total. The second kappa shape index (κ2) is 4.93. The summed E-state index contributed by atoms with van der Waals surface area (Å²) in [7, 11) is 1.85. The number of rotatable bonds is 4. The van der Waals surface area contributed by atoms with Gasteiger partial charge in [0.2, 0.25) is 0 Å². The van der Waals surface area contributed by atoms with Crippen molar-refractivity contribution < 1.29 is 0 Å². The fraction of sp³-hybridized carbons (Fsp3) is 0.600. The Morgan fingerprint density at radius 3 is 3.07 bits per heavy atom. The van der Waals surface area contributed by atoms with Crippen LogP contribution >= 0.6 is 0 Å². The van der Waals surface area contributed by atoms with E-state index in [1.54, 1.807) is 6.33 Å². The molecule has 1 fully saturated rings. The Hall–Kier alpha value is -1.36. The number of hydrogen-bond donors (Lipinski definition) is 3. The Kier molecular flexibility index (Phi) is 3.34. The molecular formula is C10H17N5. The van der Waals surface area contributed by atoms with Gasteiger partial charge >= 0.3 is 0 Å². The molecule has 1 atom stereocenters. The van der Waals surface area contributed by atoms with Crippen LogP contribution in [0, 0.1) is 5.92 Å². The molecule has 15 heavy (non-hydrogen) atoms. The zero-order valence-corrected chi connectivity index (χ0v) is 8.95. The predicted octanol–water partition coefficient (Wildman–Crippen LogP) is 0.540. The van der Waals surface area contributed by atoms with Gasteiger partial charge < -0.3 is 16.0 Å². The van der Waals surface area contributed by atoms with E-state index < -0.39 is 0 Å². The lowest BCUT2D eigenvalue weighted by Gasteiger charge is -2.10. The molecule has 5 nitrogen and oxygen atoms in total. The molecule has 1 unspecified atom stereocenters. The van der Waals surface area contributed by atoms with Crippen LogP contribution in [-0.4, -0.2) is 36.6 Å². The van der Waals surface area contributed by atoms with Gasteiger partial charge in [-0.3, -0.25) is 0 Å². The van der Waals surface area contributed by atoms with Gasteiger partial charge in [0.1, 0.15) is 18.0 Å². The number of anilines is 2. The third-order valence-corrected chi connectivity index (χ3v) is 2.66. The van der Waals surface area contributed by atoms with Gasteiger partial charge in [0.25, 0.3) is 0 Å². The van der Waals surface area contributed by atoms with Crippen molar-refractivity contribution in [3.63, 3.8) is 0 Å². The Morgan fingerprint density at radius 2 is 2.33 bits per heavy atom. The fourth-order valence-electron chi connectivity index (χ4n) is 1.73. The van der Waals surface area contributed by atoms with E-state index in [-0.39, 0.29) is 0 Å². The summed E-state index contributed by atoms with van der Waals surface area (Å²) in [5, 5.41) is 9.67. The Balaban J connectivity index is 1.86. The third kappa shape index (κ3) is 2.79. The van der Waals surface area contributed by atoms with Gasteiger partial charge in [-0.2, -0.15) is 0 Å². The molecule has 82 valence electrons. The second-order valence-corrected chi connectivity index (χ2v) is 3.78. The van der Waals surface area contributed by atoms with Crippen LogP contribution in [0.5, 0.6) is 0 Å². The second-order valence-electron chi connectivity index (χ2n) is 3.78. The summed E-state index contributed by atoms with van der Waals surface area (Å²) in [6.45, 7) is 3.22. The first-order valence-corrected chi connectivity index (χ1v) is 5.33. The van der Waals surface area contributed by atoms with Gasteiger partial charge in [-0.05, 0) is 25.4 Å². The molecule has 0 amide bonds. The maximum absolute atomic E-state index is 4.17. The Morgan fingerprint density at radius 1 is 1.47 bits per heavy atom. The lowest BCUT2D eigenvalue weighted by molar-refractivity contribution is 0.614. The fourth-order valence-corrected chi connectivity index (χ4v) is 1.73. The minimum absolute atomic E-state index is 0.720. The SMILES string of the molecule is CNc1cc(NCC2CCNC2)ncn1. The van der Waals surface area contributed by atoms with Crippen molar-refractivity contribution in [2.45, 2.75) is 6.42 Å². The number of nitrogens with one attached hydrogen (secondary N) is 3. The molecule has 0 radical (unpaired) electrons. The van der Waals surface area contributed by atoms with E-state index >= 15 is 0 Å². The van der Waals surface area contributed by atoms with Crippen LogP contribution < -0.4 is 16.0 Å². The summed E-state index contributed by atoms with van der Waals surface area (Å²) in [6.07, 6.45) is 2.82. The van der Waals surface area contributed by atoms with E-state index in [4.69, 9.17) is 0 Å². The average molecular weight is 207 g/mol. The van der Waals surface area contributed by atoms with Crippen LogP contribution in [-0.2, 0) is 0 Å². The molecule has 2 rings (SSSR count). The van der Waals surface area contributed by atoms with E-state index in [9.17, 15) is 0 Å². The molecule has 0 aliphatic carbocycles. The lowest BCUT2D eigenvalue weighted by atomic mass is 10.1. The van der Waals surface area contributed by atoms with Crippen LogP contribution in [0.15, 0.2) is 12.4 Å². The van der Waals surface area contributed by atoms with E-state index in [1.165, 1.54) is 6.42 Å². The molecule has 5 heteroatoms. The van der Waals surface area contributed by atoms with Crippen molar-refractivity contribution in [1.82, 2.24) is 15.3 Å². The zero-order chi connectivity index (χ0) is 10.5. The highest BCUT2D eigenvalue weighted by molar-refractivity contribution is 5.45. The average Bonchev–Trinajstić information content (AvgIpc) is 2.79. The molecule has 1 saturated heterocycles. The van der Waals surface area contributed by atoms with Crippen molar-refractivity contribution in [2.24, 2.45) is 5.92 Å². The van der Waals surface area contributed by atoms with Gasteiger partial charge in [0.15, 0.2) is 0 Å². The van der Waals surface area contributed by atoms with Crippen LogP contribution in [0.25, 0.3) is 0 Å². The smallest absolute Gasteiger partial charge is 0.131 e. The lowest BCUT2D eigenvalue weighted by Crippen LogP contribution is -2.17. The molecule has 1 aromatic heterocycles. The predicted molar refractivity (Wildman–Crippen MR) is 61.0 cm³/mol. The number of nitrogens with zero attached hydrogens (tertiary/aromatic N) is 2. The monoisotopic (exact) mass is 207 g/mol. The highest BCUT2D eigenvalue weighted by atomic mass is 15.1. The van der Waals surface area contributed by atoms with Crippen molar-refractivity contribution >= 4 is 11.6 Å². The highest BCUT2D eigenvalue weighted by Crippen LogP contribution is 2.11. The van der Waals surface area contributed by atoms with Gasteiger partial charge in [-0.1, -0.05) is 0 Å². The first-order valence-electron chi connectivity index (χ1n) is 5.33. The summed E-state index contributed by atoms with van der Waals surface area (Å²) in [5.74, 6) is 2.45. The quantitative estimate of drug-likeness (QED) is 0.672. The molecule has 0 saturated carbocycles. The van der Waals surface area contributed by atoms with Crippen LogP contribution in [0.3, 0.4) is 0 Å². The van der Waals surface area contributed by atoms with Crippen molar-refractivity contribution in [1.29, 1.82) is 0 Å². The summed E-state index contributed by atoms with van der Waals surface area (Å²) in [5.41, 5.74) is 0. The maximum Gasteiger partial charge on any atom is 0.131 e. The van der Waals surface area contributed by atoms with E-state index in [1.807, 2.05) is 13.1 Å². The van der Waals surface area contributed by atoms with Gasteiger partial charge in [-0.25, -0.2) is 9.97 Å². The molecule has 0 spiro atoms. The topological polar surface area (TPSA) is 61.9 Å². The summed E-state index contributed by atoms with van der Waals surface area (Å²) in [6, 6.07) is 1.92. The molecule has 0 aromatic carbocycles. The zero-order valence-electron chi connectivity index (χ0n) is 8.95. The third-order valence-electron chi connectivity index (χ3n) is 2.66. The summed E-state index contributed by atoms with van der Waals surface area (Å²) < 4.78 is 0. The van der Waals surface area contributed by atoms with Gasteiger partial charge in [0, 0.05) is 19.7 Å².